The highest BCUT2D eigenvalue weighted by Gasteiger charge is 2.40. The van der Waals surface area contributed by atoms with Gasteiger partial charge in [-0.05, 0) is 50.3 Å². The van der Waals surface area contributed by atoms with Gasteiger partial charge >= 0.3 is 11.7 Å². The van der Waals surface area contributed by atoms with E-state index in [1.807, 2.05) is 10.6 Å². The summed E-state index contributed by atoms with van der Waals surface area (Å²) >= 11 is 0. The Hall–Kier alpha value is -2.57. The van der Waals surface area contributed by atoms with Crippen LogP contribution >= 0.6 is 0 Å². The SMILES string of the molecule is O=C(O)CC1(NC(=O)c2ccc3c(c2)[nH]c(=O)n3C2CCCC2)CCC1. The summed E-state index contributed by atoms with van der Waals surface area (Å²) in [6.07, 6.45) is 6.51. The van der Waals surface area contributed by atoms with Gasteiger partial charge in [-0.1, -0.05) is 12.8 Å². The summed E-state index contributed by atoms with van der Waals surface area (Å²) in [5, 5.41) is 12.0. The summed E-state index contributed by atoms with van der Waals surface area (Å²) in [6, 6.07) is 5.43. The van der Waals surface area contributed by atoms with E-state index in [-0.39, 0.29) is 24.1 Å². The molecule has 1 heterocycles. The first kappa shape index (κ1) is 16.9. The number of nitrogens with one attached hydrogen (secondary N) is 2. The largest absolute Gasteiger partial charge is 0.481 e. The molecule has 1 amide bonds. The Morgan fingerprint density at radius 2 is 1.96 bits per heavy atom. The number of fused-ring (bicyclic) bond motifs is 1. The molecule has 0 radical (unpaired) electrons. The molecule has 1 aromatic heterocycles. The summed E-state index contributed by atoms with van der Waals surface area (Å²) in [6.45, 7) is 0. The minimum absolute atomic E-state index is 0.0596. The molecule has 2 aromatic rings. The third-order valence-corrected chi connectivity index (χ3v) is 5.85. The first-order valence-electron chi connectivity index (χ1n) is 9.26. The van der Waals surface area contributed by atoms with Crippen molar-refractivity contribution in [1.82, 2.24) is 14.9 Å². The maximum atomic E-state index is 12.6. The zero-order valence-corrected chi connectivity index (χ0v) is 14.6. The highest BCUT2D eigenvalue weighted by Crippen LogP contribution is 2.35. The van der Waals surface area contributed by atoms with Crippen LogP contribution in [0.25, 0.3) is 11.0 Å². The van der Waals surface area contributed by atoms with E-state index in [1.54, 1.807) is 12.1 Å². The molecule has 3 N–H and O–H groups in total. The van der Waals surface area contributed by atoms with E-state index in [0.29, 0.717) is 23.9 Å². The first-order valence-corrected chi connectivity index (χ1v) is 9.26. The van der Waals surface area contributed by atoms with Crippen molar-refractivity contribution in [1.29, 1.82) is 0 Å². The quantitative estimate of drug-likeness (QED) is 0.765. The number of imidazole rings is 1. The summed E-state index contributed by atoms with van der Waals surface area (Å²) < 4.78 is 1.81. The second kappa shape index (κ2) is 6.30. The van der Waals surface area contributed by atoms with Crippen LogP contribution < -0.4 is 11.0 Å². The van der Waals surface area contributed by atoms with Crippen LogP contribution in [0.15, 0.2) is 23.0 Å². The fourth-order valence-electron chi connectivity index (χ4n) is 4.35. The van der Waals surface area contributed by atoms with Gasteiger partial charge in [0, 0.05) is 11.6 Å². The van der Waals surface area contributed by atoms with Crippen molar-refractivity contribution < 1.29 is 14.7 Å². The van der Waals surface area contributed by atoms with Crippen LogP contribution in [0, 0.1) is 0 Å². The Morgan fingerprint density at radius 1 is 1.23 bits per heavy atom. The Kier molecular flexibility index (Phi) is 4.09. The maximum Gasteiger partial charge on any atom is 0.326 e. The predicted octanol–water partition coefficient (Wildman–Crippen LogP) is 2.57. The van der Waals surface area contributed by atoms with Crippen molar-refractivity contribution in [3.05, 3.63) is 34.2 Å². The number of H-pyrrole nitrogens is 1. The molecule has 138 valence electrons. The second-order valence-electron chi connectivity index (χ2n) is 7.63. The average Bonchev–Trinajstić information content (AvgIpc) is 3.17. The first-order chi connectivity index (χ1) is 12.5. The van der Waals surface area contributed by atoms with Crippen LogP contribution in [0.1, 0.15) is 67.8 Å². The molecule has 2 aliphatic rings. The predicted molar refractivity (Wildman–Crippen MR) is 96.4 cm³/mol. The third kappa shape index (κ3) is 2.91. The standard InChI is InChI=1S/C19H23N3O4/c23-16(24)11-19(8-3-9-19)21-17(25)12-6-7-15-14(10-12)20-18(26)22(15)13-4-1-2-5-13/h6-7,10,13H,1-5,8-9,11H2,(H,20,26)(H,21,25)(H,23,24). The van der Waals surface area contributed by atoms with Crippen LogP contribution in [-0.2, 0) is 4.79 Å². The molecule has 0 saturated heterocycles. The van der Waals surface area contributed by atoms with Gasteiger partial charge in [0.1, 0.15) is 0 Å². The summed E-state index contributed by atoms with van der Waals surface area (Å²) in [4.78, 5) is 38.9. The van der Waals surface area contributed by atoms with Gasteiger partial charge in [0.25, 0.3) is 5.91 Å². The third-order valence-electron chi connectivity index (χ3n) is 5.85. The lowest BCUT2D eigenvalue weighted by Gasteiger charge is -2.41. The number of carboxylic acids is 1. The number of rotatable bonds is 5. The number of aromatic amines is 1. The summed E-state index contributed by atoms with van der Waals surface area (Å²) in [5.74, 6) is -1.19. The molecule has 0 aliphatic heterocycles. The van der Waals surface area contributed by atoms with E-state index in [1.165, 1.54) is 0 Å². The Morgan fingerprint density at radius 3 is 2.58 bits per heavy atom. The molecule has 0 spiro atoms. The fourth-order valence-corrected chi connectivity index (χ4v) is 4.35. The number of carboxylic acid groups (broad SMARTS) is 1. The van der Waals surface area contributed by atoms with E-state index in [9.17, 15) is 14.4 Å². The Labute approximate surface area is 150 Å². The van der Waals surface area contributed by atoms with Crippen molar-refractivity contribution in [2.24, 2.45) is 0 Å². The molecule has 2 fully saturated rings. The van der Waals surface area contributed by atoms with Crippen LogP contribution in [-0.4, -0.2) is 32.1 Å². The lowest BCUT2D eigenvalue weighted by atomic mass is 9.74. The van der Waals surface area contributed by atoms with Gasteiger partial charge in [0.2, 0.25) is 0 Å². The molecule has 1 aromatic carbocycles. The molecule has 0 bridgehead atoms. The number of hydrogen-bond donors (Lipinski definition) is 3. The highest BCUT2D eigenvalue weighted by molar-refractivity contribution is 5.98. The van der Waals surface area contributed by atoms with E-state index in [0.717, 1.165) is 37.6 Å². The van der Waals surface area contributed by atoms with Gasteiger partial charge in [-0.2, -0.15) is 0 Å². The Balaban J connectivity index is 1.60. The van der Waals surface area contributed by atoms with Crippen LogP contribution in [0.3, 0.4) is 0 Å². The van der Waals surface area contributed by atoms with Crippen molar-refractivity contribution in [3.63, 3.8) is 0 Å². The number of aromatic nitrogens is 2. The van der Waals surface area contributed by atoms with E-state index in [4.69, 9.17) is 5.11 Å². The van der Waals surface area contributed by atoms with Crippen molar-refractivity contribution in [2.75, 3.05) is 0 Å². The number of carbonyl (C=O) groups is 2. The molecular weight excluding hydrogens is 334 g/mol. The fraction of sp³-hybridized carbons (Fsp3) is 0.526. The monoisotopic (exact) mass is 357 g/mol. The smallest absolute Gasteiger partial charge is 0.326 e. The molecule has 7 nitrogen and oxygen atoms in total. The molecule has 0 atom stereocenters. The number of nitrogens with zero attached hydrogens (tertiary/aromatic N) is 1. The molecular formula is C19H23N3O4. The summed E-state index contributed by atoms with van der Waals surface area (Å²) in [5.41, 5.74) is 1.14. The highest BCUT2D eigenvalue weighted by atomic mass is 16.4. The minimum Gasteiger partial charge on any atom is -0.481 e. The lowest BCUT2D eigenvalue weighted by molar-refractivity contribution is -0.139. The van der Waals surface area contributed by atoms with Crippen LogP contribution in [0.5, 0.6) is 0 Å². The zero-order valence-electron chi connectivity index (χ0n) is 14.6. The Bertz CT molecular complexity index is 916. The molecule has 26 heavy (non-hydrogen) atoms. The van der Waals surface area contributed by atoms with Crippen LogP contribution in [0.4, 0.5) is 0 Å². The lowest BCUT2D eigenvalue weighted by Crippen LogP contribution is -2.54. The van der Waals surface area contributed by atoms with E-state index >= 15 is 0 Å². The van der Waals surface area contributed by atoms with Gasteiger partial charge < -0.3 is 15.4 Å². The molecule has 2 aliphatic carbocycles. The van der Waals surface area contributed by atoms with Gasteiger partial charge in [0.15, 0.2) is 0 Å². The number of benzene rings is 1. The molecule has 0 unspecified atom stereocenters. The van der Waals surface area contributed by atoms with Crippen LogP contribution in [0.2, 0.25) is 0 Å². The van der Waals surface area contributed by atoms with E-state index < -0.39 is 11.5 Å². The summed E-state index contributed by atoms with van der Waals surface area (Å²) in [7, 11) is 0. The van der Waals surface area contributed by atoms with Crippen molar-refractivity contribution in [2.45, 2.75) is 62.9 Å². The second-order valence-corrected chi connectivity index (χ2v) is 7.63. The number of hydrogen-bond acceptors (Lipinski definition) is 3. The van der Waals surface area contributed by atoms with Crippen molar-refractivity contribution in [3.8, 4) is 0 Å². The normalized spacial score (nSPS) is 19.4. The van der Waals surface area contributed by atoms with Crippen molar-refractivity contribution >= 4 is 22.9 Å². The van der Waals surface area contributed by atoms with Gasteiger partial charge in [-0.15, -0.1) is 0 Å². The van der Waals surface area contributed by atoms with Gasteiger partial charge in [-0.25, -0.2) is 4.79 Å². The number of amides is 1. The number of aliphatic carboxylic acids is 1. The molecule has 7 heteroatoms. The topological polar surface area (TPSA) is 104 Å². The molecule has 4 rings (SSSR count). The maximum absolute atomic E-state index is 12.6. The number of carbonyl (C=O) groups excluding carboxylic acids is 1. The van der Waals surface area contributed by atoms with E-state index in [2.05, 4.69) is 10.3 Å². The van der Waals surface area contributed by atoms with Gasteiger partial charge in [0.05, 0.1) is 23.0 Å². The average molecular weight is 357 g/mol. The van der Waals surface area contributed by atoms with Gasteiger partial charge in [-0.3, -0.25) is 14.2 Å². The molecule has 2 saturated carbocycles. The zero-order chi connectivity index (χ0) is 18.3. The minimum atomic E-state index is -0.904.